The molecule has 0 bridgehead atoms. The second kappa shape index (κ2) is 25.3. The number of nitrogens with one attached hydrogen (secondary N) is 2. The molecular formula is C46H42IrN7O9S-3. The fourth-order valence-electron chi connectivity index (χ4n) is 5.70. The molecule has 16 nitrogen and oxygen atoms in total. The number of nitrogens with zero attached hydrogens (tertiary/aromatic N) is 5. The van der Waals surface area contributed by atoms with E-state index >= 15 is 0 Å². The standard InChI is InChI=1S/C24H27N5O9S.2C11H8N.Ir/c1-15-7-10-25-17(12-15)18-13-16(8-11-26-18)23(33)28-19(14-39(35,36)37)24(34)27-9-3-2-4-22(32)38-29-20(30)5-6-21(29)31;2*1-2-6-10(7-3-1)11-8-4-5-9-12-11;/h7-8,10-13,19H,2-6,9,14H2,1H3,(H,27,34)(H,28,33)(H,35,36,37);2*1-6,8-9H;/q;2*-1;/p-1. The fraction of sp³-hybridized carbons (Fsp3) is 0.196. The van der Waals surface area contributed by atoms with Crippen LogP contribution in [0.15, 0.2) is 134 Å². The van der Waals surface area contributed by atoms with Crippen LogP contribution in [0, 0.1) is 19.1 Å². The first-order valence-electron chi connectivity index (χ1n) is 19.6. The van der Waals surface area contributed by atoms with Gasteiger partial charge in [0.25, 0.3) is 17.7 Å². The molecule has 7 rings (SSSR count). The molecule has 2 aromatic carbocycles. The summed E-state index contributed by atoms with van der Waals surface area (Å²) in [4.78, 5) is 81.7. The summed E-state index contributed by atoms with van der Waals surface area (Å²) in [5.74, 6) is -4.89. The Morgan fingerprint density at radius 1 is 0.734 bits per heavy atom. The average Bonchev–Trinajstić information content (AvgIpc) is 3.62. The smallest absolute Gasteiger partial charge is 0.333 e. The Labute approximate surface area is 384 Å². The van der Waals surface area contributed by atoms with Crippen LogP contribution in [0.25, 0.3) is 33.9 Å². The quantitative estimate of drug-likeness (QED) is 0.0628. The minimum absolute atomic E-state index is 0. The van der Waals surface area contributed by atoms with E-state index in [-0.39, 0.29) is 64.3 Å². The van der Waals surface area contributed by atoms with Gasteiger partial charge in [-0.3, -0.25) is 29.1 Å². The van der Waals surface area contributed by atoms with Crippen molar-refractivity contribution in [1.29, 1.82) is 0 Å². The molecule has 0 spiro atoms. The van der Waals surface area contributed by atoms with Crippen LogP contribution >= 0.6 is 0 Å². The van der Waals surface area contributed by atoms with Crippen LogP contribution in [-0.2, 0) is 54.2 Å². The topological polar surface area (TPSA) is 231 Å². The molecule has 333 valence electrons. The summed E-state index contributed by atoms with van der Waals surface area (Å²) in [6.45, 7) is 1.84. The second-order valence-corrected chi connectivity index (χ2v) is 15.1. The van der Waals surface area contributed by atoms with Crippen molar-refractivity contribution in [1.82, 2.24) is 35.6 Å². The Morgan fingerprint density at radius 3 is 1.80 bits per heavy atom. The molecule has 4 aromatic heterocycles. The summed E-state index contributed by atoms with van der Waals surface area (Å²) in [7, 11) is -4.89. The minimum Gasteiger partial charge on any atom is -0.748 e. The molecule has 1 saturated heterocycles. The van der Waals surface area contributed by atoms with Gasteiger partial charge in [-0.15, -0.1) is 76.9 Å². The molecule has 2 N–H and O–H groups in total. The number of hydroxylamine groups is 2. The van der Waals surface area contributed by atoms with Gasteiger partial charge in [-0.05, 0) is 73.1 Å². The maximum atomic E-state index is 12.8. The zero-order chi connectivity index (χ0) is 45.0. The van der Waals surface area contributed by atoms with Crippen LogP contribution in [0.5, 0.6) is 0 Å². The van der Waals surface area contributed by atoms with Crippen molar-refractivity contribution in [3.05, 3.63) is 157 Å². The summed E-state index contributed by atoms with van der Waals surface area (Å²) in [5.41, 5.74) is 5.89. The van der Waals surface area contributed by atoms with Gasteiger partial charge in [-0.25, -0.2) is 13.2 Å². The molecule has 0 aliphatic carbocycles. The zero-order valence-corrected chi connectivity index (χ0v) is 37.6. The van der Waals surface area contributed by atoms with E-state index in [9.17, 15) is 36.9 Å². The molecule has 18 heteroatoms. The van der Waals surface area contributed by atoms with Gasteiger partial charge in [0.1, 0.15) is 6.04 Å². The summed E-state index contributed by atoms with van der Waals surface area (Å²) < 4.78 is 34.1. The summed E-state index contributed by atoms with van der Waals surface area (Å²) >= 11 is 0. The summed E-state index contributed by atoms with van der Waals surface area (Å²) in [6, 6.07) is 38.3. The molecule has 1 radical (unpaired) electrons. The third-order valence-electron chi connectivity index (χ3n) is 8.80. The SMILES string of the molecule is Cc1ccnc(-c2cc(C(=O)NC(CS(=O)(=O)[O-])C(=O)NCCCCC(=O)ON3C(=O)CCC3=O)ccn2)c1.[Ir].[c-]1ccccc1-c1ccccn1.[c-]1ccccc1-c1ccccn1. The zero-order valence-electron chi connectivity index (χ0n) is 34.4. The van der Waals surface area contributed by atoms with E-state index in [0.717, 1.165) is 28.1 Å². The fourth-order valence-corrected chi connectivity index (χ4v) is 6.34. The van der Waals surface area contributed by atoms with Gasteiger partial charge in [-0.2, -0.15) is 0 Å². The molecular weight excluding hydrogens is 1020 g/mol. The number of carbonyl (C=O) groups is 5. The van der Waals surface area contributed by atoms with Crippen molar-refractivity contribution < 1.29 is 61.9 Å². The van der Waals surface area contributed by atoms with Crippen LogP contribution in [0.4, 0.5) is 0 Å². The summed E-state index contributed by atoms with van der Waals surface area (Å²) in [6.07, 6.45) is 6.76. The molecule has 1 aliphatic heterocycles. The first kappa shape index (κ1) is 49.8. The molecule has 64 heavy (non-hydrogen) atoms. The van der Waals surface area contributed by atoms with E-state index in [4.69, 9.17) is 4.84 Å². The number of aryl methyl sites for hydroxylation is 1. The van der Waals surface area contributed by atoms with E-state index in [1.54, 1.807) is 30.7 Å². The molecule has 6 aromatic rings. The Hall–Kier alpha value is -6.85. The van der Waals surface area contributed by atoms with Gasteiger partial charge in [0, 0.05) is 76.3 Å². The number of amides is 4. The van der Waals surface area contributed by atoms with Gasteiger partial charge in [0.2, 0.25) is 5.91 Å². The van der Waals surface area contributed by atoms with Crippen molar-refractivity contribution in [2.24, 2.45) is 0 Å². The predicted molar refractivity (Wildman–Crippen MR) is 229 cm³/mol. The van der Waals surface area contributed by atoms with E-state index in [2.05, 4.69) is 42.7 Å². The van der Waals surface area contributed by atoms with Gasteiger partial charge in [0.05, 0.1) is 27.3 Å². The molecule has 5 heterocycles. The number of pyridine rings is 4. The first-order chi connectivity index (χ1) is 30.4. The number of imide groups is 1. The number of carbonyl (C=O) groups excluding carboxylic acids is 5. The van der Waals surface area contributed by atoms with Gasteiger partial charge < -0.3 is 30.0 Å². The van der Waals surface area contributed by atoms with E-state index in [1.807, 2.05) is 91.9 Å². The largest absolute Gasteiger partial charge is 0.748 e. The van der Waals surface area contributed by atoms with Crippen molar-refractivity contribution in [3.8, 4) is 33.9 Å². The molecule has 1 fully saturated rings. The van der Waals surface area contributed by atoms with Crippen LogP contribution in [0.2, 0.25) is 0 Å². The van der Waals surface area contributed by atoms with Gasteiger partial charge >= 0.3 is 5.97 Å². The van der Waals surface area contributed by atoms with Crippen molar-refractivity contribution in [3.63, 3.8) is 0 Å². The van der Waals surface area contributed by atoms with Gasteiger partial charge in [-0.1, -0.05) is 24.3 Å². The van der Waals surface area contributed by atoms with E-state index < -0.39 is 51.5 Å². The van der Waals surface area contributed by atoms with E-state index in [0.29, 0.717) is 16.5 Å². The predicted octanol–water partition coefficient (Wildman–Crippen LogP) is 5.08. The Kier molecular flexibility index (Phi) is 19.7. The molecule has 4 amide bonds. The monoisotopic (exact) mass is 1060 g/mol. The Morgan fingerprint density at radius 2 is 1.28 bits per heavy atom. The average molecular weight is 1060 g/mol. The second-order valence-electron chi connectivity index (χ2n) is 13.7. The van der Waals surface area contributed by atoms with Crippen molar-refractivity contribution >= 4 is 39.7 Å². The minimum atomic E-state index is -4.89. The Balaban J connectivity index is 0.000000287. The number of hydrogen-bond donors (Lipinski definition) is 2. The van der Waals surface area contributed by atoms with Gasteiger partial charge in [0.15, 0.2) is 0 Å². The molecule has 1 atom stereocenters. The molecule has 1 aliphatic rings. The Bertz CT molecular complexity index is 2410. The summed E-state index contributed by atoms with van der Waals surface area (Å²) in [5, 5.41) is 5.12. The normalized spacial score (nSPS) is 12.2. The van der Waals surface area contributed by atoms with Crippen molar-refractivity contribution in [2.75, 3.05) is 12.3 Å². The van der Waals surface area contributed by atoms with Crippen LogP contribution in [-0.4, -0.2) is 85.9 Å². The number of unbranched alkanes of at least 4 members (excludes halogenated alkanes) is 1. The number of benzene rings is 2. The molecule has 0 saturated carbocycles. The third-order valence-corrected chi connectivity index (χ3v) is 9.54. The van der Waals surface area contributed by atoms with Crippen LogP contribution in [0.1, 0.15) is 48.0 Å². The van der Waals surface area contributed by atoms with Crippen LogP contribution in [0.3, 0.4) is 0 Å². The molecule has 1 unspecified atom stereocenters. The van der Waals surface area contributed by atoms with E-state index in [1.165, 1.54) is 18.3 Å². The first-order valence-corrected chi connectivity index (χ1v) is 21.2. The maximum Gasteiger partial charge on any atom is 0.333 e. The number of hydrogen-bond acceptors (Lipinski definition) is 13. The number of aromatic nitrogens is 4. The maximum absolute atomic E-state index is 12.8. The third kappa shape index (κ3) is 16.4. The number of rotatable bonds is 14. The van der Waals surface area contributed by atoms with Crippen LogP contribution < -0.4 is 10.6 Å². The van der Waals surface area contributed by atoms with Crippen molar-refractivity contribution in [2.45, 2.75) is 45.1 Å².